The summed E-state index contributed by atoms with van der Waals surface area (Å²) < 4.78 is 40.5. The van der Waals surface area contributed by atoms with Crippen LogP contribution in [0, 0.1) is 0 Å². The van der Waals surface area contributed by atoms with E-state index in [1.165, 1.54) is 12.1 Å². The molecule has 0 aliphatic carbocycles. The fourth-order valence-electron chi connectivity index (χ4n) is 1.08. The van der Waals surface area contributed by atoms with E-state index < -0.39 is 12.8 Å². The summed E-state index contributed by atoms with van der Waals surface area (Å²) in [6, 6.07) is 2.72. The molecule has 0 radical (unpaired) electrons. The van der Waals surface area contributed by atoms with Crippen LogP contribution in [0.4, 0.5) is 13.2 Å². The van der Waals surface area contributed by atoms with Crippen LogP contribution in [0.15, 0.2) is 12.1 Å². The quantitative estimate of drug-likeness (QED) is 0.916. The first-order valence-electron chi connectivity index (χ1n) is 4.21. The van der Waals surface area contributed by atoms with Gasteiger partial charge in [0, 0.05) is 17.1 Å². The van der Waals surface area contributed by atoms with Gasteiger partial charge in [-0.2, -0.15) is 13.2 Å². The maximum Gasteiger partial charge on any atom is 0.422 e. The lowest BCUT2D eigenvalue weighted by Gasteiger charge is -2.14. The summed E-state index contributed by atoms with van der Waals surface area (Å²) in [5, 5.41) is 0.307. The normalized spacial score (nSPS) is 11.6. The predicted molar refractivity (Wildman–Crippen MR) is 55.9 cm³/mol. The van der Waals surface area contributed by atoms with Crippen LogP contribution >= 0.6 is 23.2 Å². The molecule has 1 aromatic carbocycles. The molecule has 0 spiro atoms. The van der Waals surface area contributed by atoms with E-state index in [2.05, 4.69) is 4.74 Å². The van der Waals surface area contributed by atoms with Gasteiger partial charge in [-0.15, -0.1) is 0 Å². The van der Waals surface area contributed by atoms with Crippen LogP contribution < -0.4 is 10.5 Å². The Morgan fingerprint density at radius 1 is 1.25 bits per heavy atom. The zero-order valence-corrected chi connectivity index (χ0v) is 9.46. The second-order valence-electron chi connectivity index (χ2n) is 2.98. The Labute approximate surface area is 100 Å². The average molecular weight is 274 g/mol. The first-order valence-corrected chi connectivity index (χ1v) is 4.96. The van der Waals surface area contributed by atoms with Crippen LogP contribution in [0.1, 0.15) is 5.56 Å². The SMILES string of the molecule is NCc1cc(Cl)cc(Cl)c1OCC(F)(F)F. The molecule has 0 aromatic heterocycles. The lowest BCUT2D eigenvalue weighted by molar-refractivity contribution is -0.153. The molecule has 0 saturated heterocycles. The van der Waals surface area contributed by atoms with Gasteiger partial charge in [0.05, 0.1) is 5.02 Å². The van der Waals surface area contributed by atoms with Crippen molar-refractivity contribution in [2.75, 3.05) is 6.61 Å². The summed E-state index contributed by atoms with van der Waals surface area (Å²) in [7, 11) is 0. The van der Waals surface area contributed by atoms with Gasteiger partial charge in [-0.1, -0.05) is 23.2 Å². The Morgan fingerprint density at radius 3 is 2.38 bits per heavy atom. The first-order chi connectivity index (χ1) is 7.33. The maximum atomic E-state index is 12.0. The number of hydrogen-bond donors (Lipinski definition) is 1. The number of ether oxygens (including phenoxy) is 1. The Morgan fingerprint density at radius 2 is 1.88 bits per heavy atom. The molecule has 7 heteroatoms. The van der Waals surface area contributed by atoms with Crippen molar-refractivity contribution in [1.82, 2.24) is 0 Å². The molecule has 0 atom stereocenters. The van der Waals surface area contributed by atoms with Crippen molar-refractivity contribution < 1.29 is 17.9 Å². The van der Waals surface area contributed by atoms with E-state index in [9.17, 15) is 13.2 Å². The van der Waals surface area contributed by atoms with E-state index in [0.29, 0.717) is 10.6 Å². The van der Waals surface area contributed by atoms with Crippen LogP contribution in [0.3, 0.4) is 0 Å². The molecule has 0 bridgehead atoms. The summed E-state index contributed by atoms with van der Waals surface area (Å²) in [5.74, 6) is -0.0779. The van der Waals surface area contributed by atoms with Gasteiger partial charge in [-0.3, -0.25) is 0 Å². The summed E-state index contributed by atoms with van der Waals surface area (Å²) in [6.07, 6.45) is -4.42. The minimum absolute atomic E-state index is 0.00648. The van der Waals surface area contributed by atoms with E-state index in [-0.39, 0.29) is 17.3 Å². The number of alkyl halides is 3. The first kappa shape index (κ1) is 13.4. The van der Waals surface area contributed by atoms with E-state index >= 15 is 0 Å². The van der Waals surface area contributed by atoms with Crippen LogP contribution in [0.5, 0.6) is 5.75 Å². The molecule has 0 heterocycles. The molecule has 0 unspecified atom stereocenters. The number of hydrogen-bond acceptors (Lipinski definition) is 2. The summed E-state index contributed by atoms with van der Waals surface area (Å²) >= 11 is 11.4. The lowest BCUT2D eigenvalue weighted by Crippen LogP contribution is -2.20. The summed E-state index contributed by atoms with van der Waals surface area (Å²) in [4.78, 5) is 0. The van der Waals surface area contributed by atoms with Crippen LogP contribution in [-0.4, -0.2) is 12.8 Å². The highest BCUT2D eigenvalue weighted by molar-refractivity contribution is 6.35. The molecule has 0 aliphatic rings. The molecule has 90 valence electrons. The number of halogens is 5. The van der Waals surface area contributed by atoms with Crippen molar-refractivity contribution in [2.45, 2.75) is 12.7 Å². The molecule has 0 aliphatic heterocycles. The van der Waals surface area contributed by atoms with Crippen molar-refractivity contribution in [2.24, 2.45) is 5.73 Å². The molecule has 16 heavy (non-hydrogen) atoms. The van der Waals surface area contributed by atoms with Gasteiger partial charge in [-0.25, -0.2) is 0 Å². The van der Waals surface area contributed by atoms with E-state index in [1.807, 2.05) is 0 Å². The predicted octanol–water partition coefficient (Wildman–Crippen LogP) is 3.39. The molecule has 1 rings (SSSR count). The minimum Gasteiger partial charge on any atom is -0.482 e. The van der Waals surface area contributed by atoms with Gasteiger partial charge in [-0.05, 0) is 12.1 Å². The monoisotopic (exact) mass is 273 g/mol. The van der Waals surface area contributed by atoms with Gasteiger partial charge >= 0.3 is 6.18 Å². The number of benzene rings is 1. The Kier molecular flexibility index (Phi) is 4.29. The summed E-state index contributed by atoms with van der Waals surface area (Å²) in [6.45, 7) is -1.42. The fourth-order valence-corrected chi connectivity index (χ4v) is 1.67. The van der Waals surface area contributed by atoms with Crippen LogP contribution in [0.2, 0.25) is 10.0 Å². The lowest BCUT2D eigenvalue weighted by atomic mass is 10.2. The van der Waals surface area contributed by atoms with Crippen molar-refractivity contribution in [3.05, 3.63) is 27.7 Å². The fraction of sp³-hybridized carbons (Fsp3) is 0.333. The zero-order chi connectivity index (χ0) is 12.3. The van der Waals surface area contributed by atoms with Crippen molar-refractivity contribution in [1.29, 1.82) is 0 Å². The van der Waals surface area contributed by atoms with Crippen molar-refractivity contribution in [3.63, 3.8) is 0 Å². The highest BCUT2D eigenvalue weighted by atomic mass is 35.5. The van der Waals surface area contributed by atoms with Gasteiger partial charge in [0.25, 0.3) is 0 Å². The molecule has 2 nitrogen and oxygen atoms in total. The third-order valence-electron chi connectivity index (χ3n) is 1.69. The molecule has 0 fully saturated rings. The third-order valence-corrected chi connectivity index (χ3v) is 2.18. The van der Waals surface area contributed by atoms with Crippen molar-refractivity contribution in [3.8, 4) is 5.75 Å². The standard InChI is InChI=1S/C9H8Cl2F3NO/c10-6-1-5(3-15)8(7(11)2-6)16-4-9(12,13)14/h1-2H,3-4,15H2. The van der Waals surface area contributed by atoms with Gasteiger partial charge in [0.1, 0.15) is 5.75 Å². The van der Waals surface area contributed by atoms with Gasteiger partial charge in [0.15, 0.2) is 6.61 Å². The Hall–Kier alpha value is -0.650. The zero-order valence-electron chi connectivity index (χ0n) is 7.94. The highest BCUT2D eigenvalue weighted by Gasteiger charge is 2.29. The second kappa shape index (κ2) is 5.12. The Bertz CT molecular complexity index is 382. The molecule has 2 N–H and O–H groups in total. The molecule has 0 amide bonds. The third kappa shape index (κ3) is 3.73. The maximum absolute atomic E-state index is 12.0. The number of nitrogens with two attached hydrogens (primary N) is 1. The van der Waals surface area contributed by atoms with Crippen molar-refractivity contribution >= 4 is 23.2 Å². The molecule has 1 aromatic rings. The van der Waals surface area contributed by atoms with Gasteiger partial charge < -0.3 is 10.5 Å². The smallest absolute Gasteiger partial charge is 0.422 e. The topological polar surface area (TPSA) is 35.2 Å². The van der Waals surface area contributed by atoms with E-state index in [1.54, 1.807) is 0 Å². The van der Waals surface area contributed by atoms with Crippen LogP contribution in [0.25, 0.3) is 0 Å². The van der Waals surface area contributed by atoms with E-state index in [4.69, 9.17) is 28.9 Å². The highest BCUT2D eigenvalue weighted by Crippen LogP contribution is 2.33. The molecule has 0 saturated carbocycles. The van der Waals surface area contributed by atoms with E-state index in [0.717, 1.165) is 0 Å². The van der Waals surface area contributed by atoms with Gasteiger partial charge in [0.2, 0.25) is 0 Å². The van der Waals surface area contributed by atoms with Crippen LogP contribution in [-0.2, 0) is 6.54 Å². The molecular weight excluding hydrogens is 266 g/mol. The summed E-state index contributed by atoms with van der Waals surface area (Å²) in [5.41, 5.74) is 5.68. The number of rotatable bonds is 3. The molecular formula is C9H8Cl2F3NO. The largest absolute Gasteiger partial charge is 0.482 e. The second-order valence-corrected chi connectivity index (χ2v) is 3.83. The Balaban J connectivity index is 2.94. The minimum atomic E-state index is -4.42. The average Bonchev–Trinajstić information content (AvgIpc) is 2.13.